The van der Waals surface area contributed by atoms with Crippen LogP contribution in [0.4, 0.5) is 5.69 Å². The molecule has 0 aliphatic carbocycles. The van der Waals surface area contributed by atoms with Gasteiger partial charge < -0.3 is 15.0 Å². The summed E-state index contributed by atoms with van der Waals surface area (Å²) in [6.45, 7) is 1.06. The molecule has 0 saturated heterocycles. The van der Waals surface area contributed by atoms with Crippen molar-refractivity contribution < 1.29 is 14.3 Å². The third-order valence-electron chi connectivity index (χ3n) is 3.95. The van der Waals surface area contributed by atoms with E-state index in [4.69, 9.17) is 16.3 Å². The highest BCUT2D eigenvalue weighted by Gasteiger charge is 2.11. The first-order valence-corrected chi connectivity index (χ1v) is 8.63. The smallest absolute Gasteiger partial charge is 0.337 e. The van der Waals surface area contributed by atoms with Crippen molar-refractivity contribution in [2.45, 2.75) is 12.8 Å². The van der Waals surface area contributed by atoms with Gasteiger partial charge in [0.15, 0.2) is 0 Å². The van der Waals surface area contributed by atoms with Gasteiger partial charge in [-0.15, -0.1) is 0 Å². The SMILES string of the molecule is COC(=O)c1ccc(Cl)c(NCCC(=O)N(C)CCc2ccncc2)c1. The molecule has 1 heterocycles. The number of benzene rings is 1. The van der Waals surface area contributed by atoms with E-state index in [0.29, 0.717) is 35.8 Å². The molecule has 7 heteroatoms. The molecular weight excluding hydrogens is 354 g/mol. The van der Waals surface area contributed by atoms with Crippen molar-refractivity contribution in [1.29, 1.82) is 0 Å². The Morgan fingerprint density at radius 2 is 1.96 bits per heavy atom. The van der Waals surface area contributed by atoms with Crippen molar-refractivity contribution >= 4 is 29.2 Å². The van der Waals surface area contributed by atoms with E-state index in [-0.39, 0.29) is 5.91 Å². The average molecular weight is 376 g/mol. The first kappa shape index (κ1) is 19.7. The van der Waals surface area contributed by atoms with Gasteiger partial charge in [-0.1, -0.05) is 11.6 Å². The van der Waals surface area contributed by atoms with Crippen LogP contribution in [-0.4, -0.2) is 49.0 Å². The summed E-state index contributed by atoms with van der Waals surface area (Å²) in [6, 6.07) is 8.72. The number of hydrogen-bond acceptors (Lipinski definition) is 5. The van der Waals surface area contributed by atoms with Crippen LogP contribution in [0, 0.1) is 0 Å². The lowest BCUT2D eigenvalue weighted by Gasteiger charge is -2.18. The van der Waals surface area contributed by atoms with E-state index in [1.807, 2.05) is 12.1 Å². The number of likely N-dealkylation sites (N-methyl/N-ethyl adjacent to an activating group) is 1. The van der Waals surface area contributed by atoms with Crippen molar-refractivity contribution in [3.8, 4) is 0 Å². The van der Waals surface area contributed by atoms with Gasteiger partial charge >= 0.3 is 5.97 Å². The molecule has 1 amide bonds. The summed E-state index contributed by atoms with van der Waals surface area (Å²) in [5.41, 5.74) is 2.14. The normalized spacial score (nSPS) is 10.3. The van der Waals surface area contributed by atoms with E-state index in [1.54, 1.807) is 42.5 Å². The van der Waals surface area contributed by atoms with Crippen LogP contribution in [0.25, 0.3) is 0 Å². The monoisotopic (exact) mass is 375 g/mol. The van der Waals surface area contributed by atoms with Gasteiger partial charge in [-0.3, -0.25) is 9.78 Å². The minimum atomic E-state index is -0.434. The predicted molar refractivity (Wildman–Crippen MR) is 101 cm³/mol. The van der Waals surface area contributed by atoms with Crippen LogP contribution in [0.15, 0.2) is 42.7 Å². The van der Waals surface area contributed by atoms with E-state index in [2.05, 4.69) is 10.3 Å². The zero-order valence-corrected chi connectivity index (χ0v) is 15.6. The summed E-state index contributed by atoms with van der Waals surface area (Å²) in [5.74, 6) is -0.400. The summed E-state index contributed by atoms with van der Waals surface area (Å²) in [6.07, 6.45) is 4.59. The van der Waals surface area contributed by atoms with E-state index >= 15 is 0 Å². The van der Waals surface area contributed by atoms with Crippen LogP contribution in [0.1, 0.15) is 22.3 Å². The topological polar surface area (TPSA) is 71.5 Å². The molecule has 0 unspecified atom stereocenters. The molecule has 26 heavy (non-hydrogen) atoms. The first-order valence-electron chi connectivity index (χ1n) is 8.26. The van der Waals surface area contributed by atoms with Crippen LogP contribution in [0.3, 0.4) is 0 Å². The van der Waals surface area contributed by atoms with Crippen molar-refractivity contribution in [2.24, 2.45) is 0 Å². The fourth-order valence-electron chi connectivity index (χ4n) is 2.37. The van der Waals surface area contributed by atoms with Crippen LogP contribution in [0.5, 0.6) is 0 Å². The zero-order chi connectivity index (χ0) is 18.9. The largest absolute Gasteiger partial charge is 0.465 e. The third-order valence-corrected chi connectivity index (χ3v) is 4.28. The lowest BCUT2D eigenvalue weighted by atomic mass is 10.2. The molecule has 0 atom stereocenters. The molecule has 138 valence electrons. The fraction of sp³-hybridized carbons (Fsp3) is 0.316. The van der Waals surface area contributed by atoms with Gasteiger partial charge in [0.05, 0.1) is 23.4 Å². The maximum absolute atomic E-state index is 12.2. The number of amides is 1. The number of aromatic nitrogens is 1. The number of rotatable bonds is 8. The number of anilines is 1. The molecule has 0 aliphatic heterocycles. The van der Waals surface area contributed by atoms with Crippen molar-refractivity contribution in [3.05, 3.63) is 58.9 Å². The average Bonchev–Trinajstić information content (AvgIpc) is 2.67. The lowest BCUT2D eigenvalue weighted by molar-refractivity contribution is -0.129. The third kappa shape index (κ3) is 5.74. The molecule has 0 aliphatic rings. The van der Waals surface area contributed by atoms with Gasteiger partial charge in [0, 0.05) is 39.0 Å². The number of halogens is 1. The van der Waals surface area contributed by atoms with E-state index in [1.165, 1.54) is 7.11 Å². The first-order chi connectivity index (χ1) is 12.5. The Morgan fingerprint density at radius 1 is 1.23 bits per heavy atom. The molecule has 0 fully saturated rings. The summed E-state index contributed by atoms with van der Waals surface area (Å²) in [5, 5.41) is 3.58. The molecule has 0 radical (unpaired) electrons. The highest BCUT2D eigenvalue weighted by Crippen LogP contribution is 2.23. The molecule has 2 rings (SSSR count). The molecule has 6 nitrogen and oxygen atoms in total. The summed E-state index contributed by atoms with van der Waals surface area (Å²) < 4.78 is 4.69. The van der Waals surface area contributed by atoms with E-state index in [9.17, 15) is 9.59 Å². The van der Waals surface area contributed by atoms with E-state index in [0.717, 1.165) is 12.0 Å². The van der Waals surface area contributed by atoms with Crippen LogP contribution in [-0.2, 0) is 16.0 Å². The number of ether oxygens (including phenoxy) is 1. The highest BCUT2D eigenvalue weighted by molar-refractivity contribution is 6.33. The Bertz CT molecular complexity index is 753. The highest BCUT2D eigenvalue weighted by atomic mass is 35.5. The second-order valence-electron chi connectivity index (χ2n) is 5.78. The standard InChI is InChI=1S/C19H22ClN3O3/c1-23(12-8-14-5-9-21-10-6-14)18(24)7-11-22-17-13-15(19(25)26-2)3-4-16(17)20/h3-6,9-10,13,22H,7-8,11-12H2,1-2H3. The fourth-order valence-corrected chi connectivity index (χ4v) is 2.56. The number of carbonyl (C=O) groups excluding carboxylic acids is 2. The van der Waals surface area contributed by atoms with Crippen LogP contribution in [0.2, 0.25) is 5.02 Å². The van der Waals surface area contributed by atoms with Gasteiger partial charge in [0.2, 0.25) is 5.91 Å². The maximum atomic E-state index is 12.2. The Kier molecular flexibility index (Phi) is 7.41. The molecule has 0 bridgehead atoms. The quantitative estimate of drug-likeness (QED) is 0.718. The number of pyridine rings is 1. The molecule has 1 N–H and O–H groups in total. The van der Waals surface area contributed by atoms with Crippen LogP contribution >= 0.6 is 11.6 Å². The molecule has 2 aromatic rings. The number of carbonyl (C=O) groups is 2. The van der Waals surface area contributed by atoms with Gasteiger partial charge in [0.25, 0.3) is 0 Å². The van der Waals surface area contributed by atoms with Crippen LogP contribution < -0.4 is 5.32 Å². The Morgan fingerprint density at radius 3 is 2.65 bits per heavy atom. The molecular formula is C19H22ClN3O3. The molecule has 1 aromatic heterocycles. The van der Waals surface area contributed by atoms with Gasteiger partial charge in [-0.25, -0.2) is 4.79 Å². The Balaban J connectivity index is 1.81. The molecule has 0 saturated carbocycles. The van der Waals surface area contributed by atoms with Crippen molar-refractivity contribution in [3.63, 3.8) is 0 Å². The summed E-state index contributed by atoms with van der Waals surface area (Å²) in [7, 11) is 3.11. The van der Waals surface area contributed by atoms with Gasteiger partial charge in [-0.05, 0) is 42.3 Å². The molecule has 0 spiro atoms. The Hall–Kier alpha value is -2.60. The second-order valence-corrected chi connectivity index (χ2v) is 6.19. The number of nitrogens with zero attached hydrogens (tertiary/aromatic N) is 2. The number of methoxy groups -OCH3 is 1. The summed E-state index contributed by atoms with van der Waals surface area (Å²) in [4.78, 5) is 29.5. The number of nitrogens with one attached hydrogen (secondary N) is 1. The number of esters is 1. The van der Waals surface area contributed by atoms with Gasteiger partial charge in [-0.2, -0.15) is 0 Å². The maximum Gasteiger partial charge on any atom is 0.337 e. The Labute approximate surface area is 158 Å². The zero-order valence-electron chi connectivity index (χ0n) is 14.9. The lowest BCUT2D eigenvalue weighted by Crippen LogP contribution is -2.30. The molecule has 1 aromatic carbocycles. The van der Waals surface area contributed by atoms with Crippen molar-refractivity contribution in [2.75, 3.05) is 32.6 Å². The number of hydrogen-bond donors (Lipinski definition) is 1. The summed E-state index contributed by atoms with van der Waals surface area (Å²) >= 11 is 6.12. The van der Waals surface area contributed by atoms with Gasteiger partial charge in [0.1, 0.15) is 0 Å². The second kappa shape index (κ2) is 9.77. The minimum absolute atomic E-state index is 0.0341. The van der Waals surface area contributed by atoms with Crippen molar-refractivity contribution in [1.82, 2.24) is 9.88 Å². The van der Waals surface area contributed by atoms with E-state index < -0.39 is 5.97 Å². The minimum Gasteiger partial charge on any atom is -0.465 e. The predicted octanol–water partition coefficient (Wildman–Crippen LogP) is 3.02.